The van der Waals surface area contributed by atoms with Crippen LogP contribution in [0.3, 0.4) is 0 Å². The first-order chi connectivity index (χ1) is 10.5. The van der Waals surface area contributed by atoms with Gasteiger partial charge in [-0.25, -0.2) is 0 Å². The number of amides is 1. The Morgan fingerprint density at radius 1 is 1.18 bits per heavy atom. The highest BCUT2D eigenvalue weighted by Crippen LogP contribution is 2.25. The molecule has 2 aromatic carbocycles. The molecule has 1 amide bonds. The molecule has 0 aliphatic rings. The van der Waals surface area contributed by atoms with Crippen LogP contribution in [0.1, 0.15) is 0 Å². The Bertz CT molecular complexity index is 722. The summed E-state index contributed by atoms with van der Waals surface area (Å²) in [6.45, 7) is -0.0377. The third-order valence-electron chi connectivity index (χ3n) is 2.71. The molecule has 0 atom stereocenters. The third kappa shape index (κ3) is 4.34. The molecule has 2 N–H and O–H groups in total. The average molecular weight is 340 g/mol. The van der Waals surface area contributed by atoms with Gasteiger partial charge in [0.05, 0.1) is 22.2 Å². The predicted molar refractivity (Wildman–Crippen MR) is 86.7 cm³/mol. The molecule has 2 aromatic rings. The van der Waals surface area contributed by atoms with Gasteiger partial charge >= 0.3 is 0 Å². The zero-order valence-corrected chi connectivity index (χ0v) is 12.7. The molecule has 8 heteroatoms. The van der Waals surface area contributed by atoms with E-state index in [1.807, 2.05) is 0 Å². The molecular weight excluding hydrogens is 329 g/mol. The molecule has 0 unspecified atom stereocenters. The summed E-state index contributed by atoms with van der Waals surface area (Å²) >= 11 is 11.8. The number of rotatable bonds is 5. The number of nitro benzene ring substituents is 1. The number of hydrogen-bond acceptors (Lipinski definition) is 4. The average Bonchev–Trinajstić information content (AvgIpc) is 2.46. The normalized spacial score (nSPS) is 10.1. The van der Waals surface area contributed by atoms with E-state index >= 15 is 0 Å². The highest BCUT2D eigenvalue weighted by molar-refractivity contribution is 6.36. The molecule has 2 rings (SSSR count). The van der Waals surface area contributed by atoms with Crippen LogP contribution in [0.15, 0.2) is 42.5 Å². The van der Waals surface area contributed by atoms with Crippen molar-refractivity contribution in [3.05, 3.63) is 62.6 Å². The first-order valence-electron chi connectivity index (χ1n) is 6.19. The van der Waals surface area contributed by atoms with Crippen molar-refractivity contribution in [2.45, 2.75) is 0 Å². The number of nitro groups is 1. The number of carbonyl (C=O) groups excluding carboxylic acids is 1. The van der Waals surface area contributed by atoms with E-state index in [2.05, 4.69) is 10.6 Å². The van der Waals surface area contributed by atoms with Crippen molar-refractivity contribution in [3.63, 3.8) is 0 Å². The molecule has 6 nitrogen and oxygen atoms in total. The zero-order chi connectivity index (χ0) is 16.1. The predicted octanol–water partition coefficient (Wildman–Crippen LogP) is 3.95. The van der Waals surface area contributed by atoms with Gasteiger partial charge in [-0.05, 0) is 24.3 Å². The van der Waals surface area contributed by atoms with Crippen molar-refractivity contribution in [3.8, 4) is 0 Å². The summed E-state index contributed by atoms with van der Waals surface area (Å²) in [5.41, 5.74) is 0.829. The summed E-state index contributed by atoms with van der Waals surface area (Å²) in [7, 11) is 0. The minimum absolute atomic E-state index is 0.0377. The highest BCUT2D eigenvalue weighted by Gasteiger charge is 2.09. The maximum atomic E-state index is 11.8. The van der Waals surface area contributed by atoms with Crippen molar-refractivity contribution in [1.29, 1.82) is 0 Å². The Morgan fingerprint density at radius 2 is 1.95 bits per heavy atom. The smallest absolute Gasteiger partial charge is 0.271 e. The van der Waals surface area contributed by atoms with E-state index in [4.69, 9.17) is 23.2 Å². The molecule has 0 bridgehead atoms. The maximum absolute atomic E-state index is 11.8. The van der Waals surface area contributed by atoms with Gasteiger partial charge in [0.25, 0.3) is 5.69 Å². The fraction of sp³-hybridized carbons (Fsp3) is 0.0714. The van der Waals surface area contributed by atoms with Gasteiger partial charge in [0.15, 0.2) is 0 Å². The first kappa shape index (κ1) is 16.1. The van der Waals surface area contributed by atoms with Gasteiger partial charge in [0, 0.05) is 22.8 Å². The van der Waals surface area contributed by atoms with Crippen LogP contribution >= 0.6 is 23.2 Å². The molecule has 0 saturated carbocycles. The minimum Gasteiger partial charge on any atom is -0.375 e. The van der Waals surface area contributed by atoms with Gasteiger partial charge in [0.1, 0.15) is 0 Å². The van der Waals surface area contributed by atoms with Crippen LogP contribution in [-0.4, -0.2) is 17.4 Å². The van der Waals surface area contributed by atoms with Crippen LogP contribution in [0.4, 0.5) is 17.1 Å². The molecule has 0 aliphatic carbocycles. The van der Waals surface area contributed by atoms with E-state index in [1.165, 1.54) is 18.2 Å². The van der Waals surface area contributed by atoms with Crippen LogP contribution in [0.25, 0.3) is 0 Å². The van der Waals surface area contributed by atoms with E-state index in [-0.39, 0.29) is 18.1 Å². The van der Waals surface area contributed by atoms with Crippen LogP contribution in [-0.2, 0) is 4.79 Å². The van der Waals surface area contributed by atoms with Gasteiger partial charge in [-0.2, -0.15) is 0 Å². The topological polar surface area (TPSA) is 84.3 Å². The molecule has 0 heterocycles. The van der Waals surface area contributed by atoms with E-state index in [0.717, 1.165) is 0 Å². The second-order valence-electron chi connectivity index (χ2n) is 4.33. The maximum Gasteiger partial charge on any atom is 0.271 e. The van der Waals surface area contributed by atoms with Crippen molar-refractivity contribution >= 4 is 46.2 Å². The van der Waals surface area contributed by atoms with Crippen LogP contribution in [0.5, 0.6) is 0 Å². The van der Waals surface area contributed by atoms with Gasteiger partial charge in [-0.1, -0.05) is 29.3 Å². The monoisotopic (exact) mass is 339 g/mol. The van der Waals surface area contributed by atoms with Crippen molar-refractivity contribution in [1.82, 2.24) is 0 Å². The number of nitrogens with zero attached hydrogens (tertiary/aromatic N) is 1. The highest BCUT2D eigenvalue weighted by atomic mass is 35.5. The lowest BCUT2D eigenvalue weighted by Crippen LogP contribution is -2.21. The largest absolute Gasteiger partial charge is 0.375 e. The molecule has 0 aromatic heterocycles. The molecule has 0 radical (unpaired) electrons. The summed E-state index contributed by atoms with van der Waals surface area (Å²) in [4.78, 5) is 22.0. The molecule has 114 valence electrons. The quantitative estimate of drug-likeness (QED) is 0.637. The van der Waals surface area contributed by atoms with Gasteiger partial charge in [-0.15, -0.1) is 0 Å². The number of nitrogens with one attached hydrogen (secondary N) is 2. The molecule has 0 fully saturated rings. The fourth-order valence-corrected chi connectivity index (χ4v) is 2.19. The van der Waals surface area contributed by atoms with Crippen molar-refractivity contribution < 1.29 is 9.72 Å². The van der Waals surface area contributed by atoms with Gasteiger partial charge in [-0.3, -0.25) is 14.9 Å². The van der Waals surface area contributed by atoms with E-state index < -0.39 is 4.92 Å². The molecule has 22 heavy (non-hydrogen) atoms. The van der Waals surface area contributed by atoms with Crippen LogP contribution in [0.2, 0.25) is 10.0 Å². The summed E-state index contributed by atoms with van der Waals surface area (Å²) in [5, 5.41) is 17.0. The Morgan fingerprint density at radius 3 is 2.64 bits per heavy atom. The SMILES string of the molecule is O=C(CNc1ccc(Cl)cc1Cl)Nc1cccc([N+](=O)[O-])c1. The van der Waals surface area contributed by atoms with Crippen LogP contribution in [0, 0.1) is 10.1 Å². The summed E-state index contributed by atoms with van der Waals surface area (Å²) in [5.74, 6) is -0.355. The Kier molecular flexibility index (Phi) is 5.19. The lowest BCUT2D eigenvalue weighted by Gasteiger charge is -2.09. The fourth-order valence-electron chi connectivity index (χ4n) is 1.71. The minimum atomic E-state index is -0.526. The second-order valence-corrected chi connectivity index (χ2v) is 5.18. The summed E-state index contributed by atoms with van der Waals surface area (Å²) in [6, 6.07) is 10.6. The number of hydrogen-bond donors (Lipinski definition) is 2. The van der Waals surface area contributed by atoms with E-state index in [1.54, 1.807) is 24.3 Å². The molecule has 0 saturated heterocycles. The second kappa shape index (κ2) is 7.11. The van der Waals surface area contributed by atoms with Gasteiger partial charge in [0.2, 0.25) is 5.91 Å². The Hall–Kier alpha value is -2.31. The number of non-ortho nitro benzene ring substituents is 1. The molecular formula is C14H11Cl2N3O3. The summed E-state index contributed by atoms with van der Waals surface area (Å²) in [6.07, 6.45) is 0. The van der Waals surface area contributed by atoms with Crippen molar-refractivity contribution in [2.24, 2.45) is 0 Å². The number of benzene rings is 2. The standard InChI is InChI=1S/C14H11Cl2N3O3/c15-9-4-5-13(12(16)6-9)17-8-14(20)18-10-2-1-3-11(7-10)19(21)22/h1-7,17H,8H2,(H,18,20). The number of halogens is 2. The zero-order valence-electron chi connectivity index (χ0n) is 11.2. The lowest BCUT2D eigenvalue weighted by molar-refractivity contribution is -0.384. The lowest BCUT2D eigenvalue weighted by atomic mass is 10.3. The Balaban J connectivity index is 1.95. The van der Waals surface area contributed by atoms with Gasteiger partial charge < -0.3 is 10.6 Å². The molecule has 0 aliphatic heterocycles. The Labute approximate surface area is 136 Å². The number of anilines is 2. The summed E-state index contributed by atoms with van der Waals surface area (Å²) < 4.78 is 0. The third-order valence-corrected chi connectivity index (χ3v) is 3.26. The first-order valence-corrected chi connectivity index (χ1v) is 6.94. The van der Waals surface area contributed by atoms with Crippen LogP contribution < -0.4 is 10.6 Å². The van der Waals surface area contributed by atoms with E-state index in [9.17, 15) is 14.9 Å². The molecule has 0 spiro atoms. The number of carbonyl (C=O) groups is 1. The van der Waals surface area contributed by atoms with E-state index in [0.29, 0.717) is 21.4 Å². The van der Waals surface area contributed by atoms with Crippen molar-refractivity contribution in [2.75, 3.05) is 17.2 Å².